The molecule has 55 heavy (non-hydrogen) atoms. The highest BCUT2D eigenvalue weighted by Crippen LogP contribution is 2.37. The second-order valence-corrected chi connectivity index (χ2v) is 13.9. The van der Waals surface area contributed by atoms with Crippen LogP contribution in [-0.2, 0) is 55.5 Å². The Morgan fingerprint density at radius 3 is 1.60 bits per heavy atom. The molecule has 1 fully saturated rings. The Labute approximate surface area is 312 Å². The summed E-state index contributed by atoms with van der Waals surface area (Å²) in [5, 5.41) is 11.1. The zero-order valence-electron chi connectivity index (χ0n) is 30.1. The lowest BCUT2D eigenvalue weighted by atomic mass is 9.92. The van der Waals surface area contributed by atoms with E-state index in [4.69, 9.17) is 4.74 Å². The largest absolute Gasteiger partial charge is 0.416 e. The van der Waals surface area contributed by atoms with Gasteiger partial charge < -0.3 is 20.7 Å². The minimum atomic E-state index is -5.20. The molecule has 0 bridgehead atoms. The Bertz CT molecular complexity index is 1850. The minimum absolute atomic E-state index is 0.0492. The lowest BCUT2D eigenvalue weighted by molar-refractivity contribution is -0.143. The van der Waals surface area contributed by atoms with Gasteiger partial charge in [-0.25, -0.2) is 0 Å². The van der Waals surface area contributed by atoms with E-state index in [9.17, 15) is 51.1 Å². The number of nitrogens with zero attached hydrogens (tertiary/aromatic N) is 3. The molecule has 4 rings (SSSR count). The Morgan fingerprint density at radius 1 is 0.727 bits per heavy atom. The molecule has 1 aliphatic rings. The van der Waals surface area contributed by atoms with E-state index in [2.05, 4.69) is 26.0 Å². The van der Waals surface area contributed by atoms with Crippen LogP contribution >= 0.6 is 0 Å². The third-order valence-corrected chi connectivity index (χ3v) is 8.84. The number of nitrogens with one attached hydrogen (secondary N) is 3. The van der Waals surface area contributed by atoms with E-state index in [1.54, 1.807) is 74.5 Å². The predicted molar refractivity (Wildman–Crippen MR) is 188 cm³/mol. The first-order valence-corrected chi connectivity index (χ1v) is 17.3. The number of halogens is 6. The maximum atomic E-state index is 14.1. The van der Waals surface area contributed by atoms with Crippen molar-refractivity contribution in [3.05, 3.63) is 117 Å². The van der Waals surface area contributed by atoms with Gasteiger partial charge in [0.1, 0.15) is 23.7 Å². The molecule has 17 heteroatoms. The number of ether oxygens (including phenoxy) is 1. The molecular weight excluding hydrogens is 734 g/mol. The smallest absolute Gasteiger partial charge is 0.361 e. The molecule has 3 N–H and O–H groups in total. The molecule has 3 aromatic rings. The number of hydrogen-bond donors (Lipinski definition) is 3. The highest BCUT2D eigenvalue weighted by Gasteiger charge is 2.50. The number of carbonyl (C=O) groups excluding carboxylic acids is 4. The molecular formula is C38H40F6N6O5. The number of benzene rings is 3. The average molecular weight is 775 g/mol. The molecule has 3 aromatic carbocycles. The minimum Gasteiger partial charge on any atom is -0.361 e. The van der Waals surface area contributed by atoms with Gasteiger partial charge in [0.15, 0.2) is 5.78 Å². The number of Topliss-reactive ketones (excluding diaryl/α,β-unsaturated/α-hetero) is 1. The van der Waals surface area contributed by atoms with Gasteiger partial charge in [0.2, 0.25) is 17.7 Å². The molecule has 0 aliphatic carbocycles. The quantitative estimate of drug-likeness (QED) is 0.0482. The summed E-state index contributed by atoms with van der Waals surface area (Å²) in [6, 6.07) is 11.8. The number of hydrogen-bond acceptors (Lipinski definition) is 6. The molecule has 5 atom stereocenters. The number of rotatable bonds is 17. The zero-order valence-corrected chi connectivity index (χ0v) is 30.1. The van der Waals surface area contributed by atoms with Crippen LogP contribution in [0.2, 0.25) is 0 Å². The molecule has 0 unspecified atom stereocenters. The van der Waals surface area contributed by atoms with Crippen molar-refractivity contribution in [1.29, 1.82) is 0 Å². The average Bonchev–Trinajstić information content (AvgIpc) is 3.88. The van der Waals surface area contributed by atoms with E-state index < -0.39 is 88.7 Å². The summed E-state index contributed by atoms with van der Waals surface area (Å²) in [4.78, 5) is 57.7. The number of epoxide rings is 1. The molecule has 1 heterocycles. The van der Waals surface area contributed by atoms with E-state index in [1.807, 2.05) is 0 Å². The van der Waals surface area contributed by atoms with Crippen LogP contribution in [0.15, 0.2) is 84.0 Å². The van der Waals surface area contributed by atoms with Crippen molar-refractivity contribution in [2.45, 2.75) is 88.6 Å². The summed E-state index contributed by atoms with van der Waals surface area (Å²) in [5.41, 5.74) is 5.29. The van der Waals surface area contributed by atoms with Gasteiger partial charge in [-0.15, -0.1) is 0 Å². The topological polar surface area (TPSA) is 166 Å². The fourth-order valence-corrected chi connectivity index (χ4v) is 5.86. The van der Waals surface area contributed by atoms with Crippen LogP contribution in [0.4, 0.5) is 26.3 Å². The van der Waals surface area contributed by atoms with Crippen LogP contribution in [0.25, 0.3) is 10.4 Å². The summed E-state index contributed by atoms with van der Waals surface area (Å²) < 4.78 is 88.0. The van der Waals surface area contributed by atoms with E-state index in [0.29, 0.717) is 23.3 Å². The number of amides is 3. The molecule has 1 aliphatic heterocycles. The predicted octanol–water partition coefficient (Wildman–Crippen LogP) is 6.29. The fraction of sp³-hybridized carbons (Fsp3) is 0.421. The standard InChI is InChI=1S/C38H40F6N6O5/c1-22(2)14-28(32(51)36(3)21-55-36)46-33(52)30(19-25-15-26(37(39,40)41)20-27(16-25)38(42,43)44)47-34(53)29(17-23-10-6-4-7-11-23)48-35(54)31(49-50-45)18-24-12-8-5-9-13-24/h4-13,15-16,20,22,28-31H,14,17-19,21H2,1-3H3,(H,46,52)(H,47,53)(H,48,54)/t28-,29-,30-,31-,36-/m0/s1. The van der Waals surface area contributed by atoms with Crippen LogP contribution in [0.5, 0.6) is 0 Å². The van der Waals surface area contributed by atoms with Gasteiger partial charge in [0, 0.05) is 17.8 Å². The van der Waals surface area contributed by atoms with Crippen molar-refractivity contribution in [1.82, 2.24) is 16.0 Å². The number of alkyl halides is 6. The molecule has 0 spiro atoms. The van der Waals surface area contributed by atoms with Gasteiger partial charge in [-0.05, 0) is 66.1 Å². The van der Waals surface area contributed by atoms with Crippen LogP contribution in [0.1, 0.15) is 55.0 Å². The summed E-state index contributed by atoms with van der Waals surface area (Å²) >= 11 is 0. The Balaban J connectivity index is 1.72. The number of azide groups is 1. The lowest BCUT2D eigenvalue weighted by Gasteiger charge is -2.27. The van der Waals surface area contributed by atoms with Crippen LogP contribution in [-0.4, -0.2) is 59.9 Å². The first-order chi connectivity index (χ1) is 25.8. The van der Waals surface area contributed by atoms with Crippen molar-refractivity contribution in [3.8, 4) is 0 Å². The molecule has 3 amide bonds. The number of ketones is 1. The lowest BCUT2D eigenvalue weighted by Crippen LogP contribution is -2.58. The Hall–Kier alpha value is -5.41. The van der Waals surface area contributed by atoms with Crippen LogP contribution < -0.4 is 16.0 Å². The van der Waals surface area contributed by atoms with E-state index >= 15 is 0 Å². The highest BCUT2D eigenvalue weighted by molar-refractivity contribution is 5.98. The second kappa shape index (κ2) is 17.8. The third kappa shape index (κ3) is 12.3. The van der Waals surface area contributed by atoms with Crippen molar-refractivity contribution in [2.75, 3.05) is 6.61 Å². The first kappa shape index (κ1) is 42.3. The summed E-state index contributed by atoms with van der Waals surface area (Å²) in [6.45, 7) is 5.11. The molecule has 1 saturated heterocycles. The van der Waals surface area contributed by atoms with Gasteiger partial charge in [0.25, 0.3) is 0 Å². The van der Waals surface area contributed by atoms with E-state index in [-0.39, 0.29) is 37.9 Å². The summed E-state index contributed by atoms with van der Waals surface area (Å²) in [5.74, 6) is -3.65. The Kier molecular flexibility index (Phi) is 13.7. The van der Waals surface area contributed by atoms with Gasteiger partial charge >= 0.3 is 12.4 Å². The van der Waals surface area contributed by atoms with Gasteiger partial charge in [-0.3, -0.25) is 19.2 Å². The maximum absolute atomic E-state index is 14.1. The summed E-state index contributed by atoms with van der Waals surface area (Å²) in [6.07, 6.45) is -11.4. The highest BCUT2D eigenvalue weighted by atomic mass is 19.4. The maximum Gasteiger partial charge on any atom is 0.416 e. The van der Waals surface area contributed by atoms with Crippen LogP contribution in [0.3, 0.4) is 0 Å². The van der Waals surface area contributed by atoms with Crippen molar-refractivity contribution in [3.63, 3.8) is 0 Å². The molecule has 294 valence electrons. The summed E-state index contributed by atoms with van der Waals surface area (Å²) in [7, 11) is 0. The first-order valence-electron chi connectivity index (χ1n) is 17.3. The monoisotopic (exact) mass is 774 g/mol. The molecule has 11 nitrogen and oxygen atoms in total. The molecule has 0 aromatic heterocycles. The second-order valence-electron chi connectivity index (χ2n) is 13.9. The van der Waals surface area contributed by atoms with E-state index in [0.717, 1.165) is 0 Å². The normalized spacial score (nSPS) is 17.6. The third-order valence-electron chi connectivity index (χ3n) is 8.84. The Morgan fingerprint density at radius 2 is 1.16 bits per heavy atom. The van der Waals surface area contributed by atoms with Crippen molar-refractivity contribution < 1.29 is 50.3 Å². The van der Waals surface area contributed by atoms with Crippen molar-refractivity contribution in [2.24, 2.45) is 11.0 Å². The number of carbonyl (C=O) groups is 4. The van der Waals surface area contributed by atoms with Gasteiger partial charge in [-0.2, -0.15) is 26.3 Å². The van der Waals surface area contributed by atoms with Crippen LogP contribution in [0, 0.1) is 5.92 Å². The van der Waals surface area contributed by atoms with Crippen molar-refractivity contribution >= 4 is 23.5 Å². The fourth-order valence-electron chi connectivity index (χ4n) is 5.86. The van der Waals surface area contributed by atoms with Gasteiger partial charge in [0.05, 0.1) is 23.8 Å². The zero-order chi connectivity index (χ0) is 40.6. The SMILES string of the molecule is CC(C)C[C@H](NC(=O)[C@H](Cc1cc(C(F)(F)F)cc(C(F)(F)F)c1)NC(=O)[C@H](Cc1ccccc1)NC(=O)[C@H](Cc1ccccc1)N=[N+]=[N-])C(=O)[C@]1(C)CO1. The van der Waals surface area contributed by atoms with E-state index in [1.165, 1.54) is 6.92 Å². The van der Waals surface area contributed by atoms with Gasteiger partial charge in [-0.1, -0.05) is 79.6 Å². The molecule has 0 radical (unpaired) electrons. The molecule has 0 saturated carbocycles.